The molecule has 0 aliphatic carbocycles. The summed E-state index contributed by atoms with van der Waals surface area (Å²) in [5.74, 6) is -11.0. The average Bonchev–Trinajstić information content (AvgIpc) is 0.958. The van der Waals surface area contributed by atoms with Crippen molar-refractivity contribution in [1.82, 2.24) is 55.6 Å². The summed E-state index contributed by atoms with van der Waals surface area (Å²) < 4.78 is 4.86. The third kappa shape index (κ3) is 23.6. The zero-order valence-corrected chi connectivity index (χ0v) is 58.5. The molecule has 0 aromatic carbocycles. The van der Waals surface area contributed by atoms with Gasteiger partial charge in [0.05, 0.1) is 12.6 Å². The van der Waals surface area contributed by atoms with E-state index in [2.05, 4.69) is 21.3 Å². The molecular weight excluding hydrogens is 1170 g/mol. The lowest BCUT2D eigenvalue weighted by Gasteiger charge is -2.41. The number of nitrogens with one attached hydrogen (secondary N) is 4. The number of halogens is 1. The van der Waals surface area contributed by atoms with Crippen molar-refractivity contribution >= 4 is 82.5 Å². The number of hydrogen-bond acceptors (Lipinski definition) is 14. The number of ether oxygens (including phenoxy) is 1. The van der Waals surface area contributed by atoms with Crippen LogP contribution < -0.4 is 21.3 Å². The van der Waals surface area contributed by atoms with Crippen LogP contribution in [0.15, 0.2) is 0 Å². The van der Waals surface area contributed by atoms with Gasteiger partial charge in [-0.3, -0.25) is 57.5 Å². The van der Waals surface area contributed by atoms with Gasteiger partial charge >= 0.3 is 5.97 Å². The highest BCUT2D eigenvalue weighted by molar-refractivity contribution is 6.17. The van der Waals surface area contributed by atoms with Gasteiger partial charge < -0.3 is 65.4 Å². The minimum Gasteiger partial charge on any atom is -0.449 e. The van der Waals surface area contributed by atoms with E-state index < -0.39 is 162 Å². The molecule has 1 saturated heterocycles. The topological polar surface area (TPSA) is 305 Å². The van der Waals surface area contributed by atoms with Gasteiger partial charge in [-0.25, -0.2) is 0 Å². The van der Waals surface area contributed by atoms with Gasteiger partial charge in [0.25, 0.3) is 0 Å². The molecule has 0 spiro atoms. The van der Waals surface area contributed by atoms with Crippen LogP contribution in [0.25, 0.3) is 0 Å². The number of rotatable bonds is 18. The first-order valence-corrected chi connectivity index (χ1v) is 32.1. The molecule has 1 rings (SSSR count). The number of esters is 1. The minimum atomic E-state index is -1.72. The van der Waals surface area contributed by atoms with E-state index in [0.29, 0.717) is 0 Å². The SMILES string of the molecule is CC[C@@H]1NC(=O)[C@H]([C@H](O)[C@H](C)CCCC(=O)OCCl)N(C)C(=O)[C@H](C(C)C)N(C)C(=O)[C@H](CC(C)C)N(C)C(=O)[C@H](CC(C)C)N(C)C(=O)[C@@H](C)NC(=O)[C@H](C)NC(=O)[C@H](CC(C)C)N(C)C(=O)[C@H](C(C)C)NC(=O)[C@H](CC(C)C)N(C)C(=O)CN(C)C1=O. The fraction of sp³-hybridized carbons (Fsp3) is 0.810. The number of hydrogen-bond donors (Lipinski definition) is 5. The fourth-order valence-electron chi connectivity index (χ4n) is 11.1. The molecule has 1 aliphatic heterocycles. The van der Waals surface area contributed by atoms with Crippen LogP contribution in [0.5, 0.6) is 0 Å². The van der Waals surface area contributed by atoms with E-state index in [1.807, 2.05) is 55.4 Å². The minimum absolute atomic E-state index is 0.0286. The number of likely N-dealkylation sites (N-methyl/N-ethyl adjacent to an activating group) is 7. The van der Waals surface area contributed by atoms with Crippen molar-refractivity contribution in [2.75, 3.05) is 61.9 Å². The van der Waals surface area contributed by atoms with Gasteiger partial charge in [-0.2, -0.15) is 0 Å². The second-order valence-corrected chi connectivity index (χ2v) is 27.0. The number of amides is 11. The number of aliphatic hydroxyl groups is 1. The molecule has 1 heterocycles. The fourth-order valence-corrected chi connectivity index (χ4v) is 11.2. The smallest absolute Gasteiger partial charge is 0.306 e. The zero-order chi connectivity index (χ0) is 69.0. The van der Waals surface area contributed by atoms with Gasteiger partial charge in [0.15, 0.2) is 6.07 Å². The highest BCUT2D eigenvalue weighted by Gasteiger charge is 2.46. The van der Waals surface area contributed by atoms with Gasteiger partial charge in [-0.15, -0.1) is 0 Å². The van der Waals surface area contributed by atoms with Crippen molar-refractivity contribution in [2.45, 2.75) is 229 Å². The Labute approximate surface area is 535 Å². The van der Waals surface area contributed by atoms with Crippen molar-refractivity contribution in [3.05, 3.63) is 0 Å². The second kappa shape index (κ2) is 37.3. The van der Waals surface area contributed by atoms with E-state index in [4.69, 9.17) is 16.3 Å². The molecule has 89 heavy (non-hydrogen) atoms. The van der Waals surface area contributed by atoms with Crippen molar-refractivity contribution in [3.8, 4) is 0 Å². The highest BCUT2D eigenvalue weighted by Crippen LogP contribution is 2.26. The van der Waals surface area contributed by atoms with Crippen molar-refractivity contribution in [1.29, 1.82) is 0 Å². The first kappa shape index (κ1) is 80.9. The molecule has 0 saturated carbocycles. The molecule has 26 heteroatoms. The summed E-state index contributed by atoms with van der Waals surface area (Å²) in [6.07, 6.45) is -0.860. The molecule has 510 valence electrons. The molecular formula is C63H112ClN11O14. The van der Waals surface area contributed by atoms with Gasteiger partial charge in [0.2, 0.25) is 65.0 Å². The average molecular weight is 1280 g/mol. The molecule has 0 aromatic rings. The number of carbonyl (C=O) groups excluding carboxylic acids is 12. The van der Waals surface area contributed by atoms with Gasteiger partial charge in [-0.1, -0.05) is 109 Å². The first-order valence-electron chi connectivity index (χ1n) is 31.6. The summed E-state index contributed by atoms with van der Waals surface area (Å²) in [4.78, 5) is 181. The Hall–Kier alpha value is -6.11. The summed E-state index contributed by atoms with van der Waals surface area (Å²) in [7, 11) is 9.73. The van der Waals surface area contributed by atoms with E-state index in [-0.39, 0.29) is 81.1 Å². The molecule has 11 amide bonds. The maximum absolute atomic E-state index is 15.2. The molecule has 0 radical (unpaired) electrons. The predicted molar refractivity (Wildman–Crippen MR) is 340 cm³/mol. The molecule has 1 aliphatic rings. The number of nitrogens with zero attached hydrogens (tertiary/aromatic N) is 7. The molecule has 12 atom stereocenters. The summed E-state index contributed by atoms with van der Waals surface area (Å²) in [6.45, 7) is 27.1. The quantitative estimate of drug-likeness (QED) is 0.0973. The standard InChI is InChI=1S/C63H112ClN11O14/c1-24-43-59(84)69(17)32-48(76)70(18)44(28-34(2)3)56(81)68-50(38(10)11)62(87)71(19)45(29-35(4)5)55(80)65-41(15)54(79)66-42(16)58(83)72(20)46(30-36(6)7)60(85)73(21)47(31-37(8)9)61(86)74(22)51(39(12)13)63(88)75(23)52(57(82)67-43)53(78)40(14)26-25-27-49(77)89-33-64/h34-47,50-53,78H,24-33H2,1-23H3,(H,65,80)(H,66,79)(H,67,82)(H,68,81)/t40-,41+,42-,43+,44+,45+,46+,47+,50+,51+,52+,53-/m1/s1. The van der Waals surface area contributed by atoms with E-state index >= 15 is 9.59 Å². The van der Waals surface area contributed by atoms with Crippen LogP contribution in [0.4, 0.5) is 0 Å². The summed E-state index contributed by atoms with van der Waals surface area (Å²) in [5.41, 5.74) is 0. The van der Waals surface area contributed by atoms with Crippen LogP contribution in [-0.4, -0.2) is 239 Å². The van der Waals surface area contributed by atoms with Crippen molar-refractivity contribution in [3.63, 3.8) is 0 Å². The first-order chi connectivity index (χ1) is 41.1. The molecule has 0 aromatic heterocycles. The third-order valence-corrected chi connectivity index (χ3v) is 16.7. The Morgan fingerprint density at radius 3 is 1.39 bits per heavy atom. The number of aliphatic hydroxyl groups excluding tert-OH is 1. The Balaban J connectivity index is 4.35. The van der Waals surface area contributed by atoms with Gasteiger partial charge in [-0.05, 0) is 100 Å². The lowest BCUT2D eigenvalue weighted by molar-refractivity contribution is -0.157. The molecule has 1 fully saturated rings. The summed E-state index contributed by atoms with van der Waals surface area (Å²) >= 11 is 5.59. The Bertz CT molecular complexity index is 2430. The molecule has 0 bridgehead atoms. The van der Waals surface area contributed by atoms with Gasteiger partial charge in [0, 0.05) is 55.8 Å². The Morgan fingerprint density at radius 1 is 0.506 bits per heavy atom. The number of carbonyl (C=O) groups is 12. The Kier molecular flexibility index (Phi) is 33.9. The summed E-state index contributed by atoms with van der Waals surface area (Å²) in [6, 6.07) is -13.1. The van der Waals surface area contributed by atoms with E-state index in [1.54, 1.807) is 41.5 Å². The normalized spacial score (nSPS) is 26.1. The third-order valence-electron chi connectivity index (χ3n) is 16.6. The van der Waals surface area contributed by atoms with Crippen LogP contribution in [0.3, 0.4) is 0 Å². The predicted octanol–water partition coefficient (Wildman–Crippen LogP) is 3.21. The Morgan fingerprint density at radius 2 is 0.933 bits per heavy atom. The molecule has 5 N–H and O–H groups in total. The zero-order valence-electron chi connectivity index (χ0n) is 57.7. The molecule has 25 nitrogen and oxygen atoms in total. The van der Waals surface area contributed by atoms with Crippen LogP contribution in [0.2, 0.25) is 0 Å². The lowest BCUT2D eigenvalue weighted by atomic mass is 9.90. The van der Waals surface area contributed by atoms with Gasteiger partial charge in [0.1, 0.15) is 60.4 Å². The number of alkyl halides is 1. The summed E-state index contributed by atoms with van der Waals surface area (Å²) in [5, 5.41) is 23.1. The van der Waals surface area contributed by atoms with E-state index in [9.17, 15) is 53.1 Å². The lowest BCUT2D eigenvalue weighted by Crippen LogP contribution is -2.63. The van der Waals surface area contributed by atoms with Crippen molar-refractivity contribution < 1.29 is 67.4 Å². The van der Waals surface area contributed by atoms with Crippen LogP contribution in [-0.2, 0) is 62.3 Å². The van der Waals surface area contributed by atoms with E-state index in [0.717, 1.165) is 9.80 Å². The second-order valence-electron chi connectivity index (χ2n) is 26.8. The van der Waals surface area contributed by atoms with Crippen LogP contribution in [0, 0.1) is 41.4 Å². The molecule has 0 unspecified atom stereocenters. The maximum Gasteiger partial charge on any atom is 0.306 e. The monoisotopic (exact) mass is 1280 g/mol. The van der Waals surface area contributed by atoms with E-state index in [1.165, 1.54) is 87.7 Å². The van der Waals surface area contributed by atoms with Crippen molar-refractivity contribution in [2.24, 2.45) is 41.4 Å². The van der Waals surface area contributed by atoms with Crippen LogP contribution in [0.1, 0.15) is 162 Å². The highest BCUT2D eigenvalue weighted by atomic mass is 35.5. The van der Waals surface area contributed by atoms with Crippen LogP contribution >= 0.6 is 11.6 Å². The maximum atomic E-state index is 15.2. The largest absolute Gasteiger partial charge is 0.449 e.